The van der Waals surface area contributed by atoms with Crippen molar-refractivity contribution in [2.45, 2.75) is 25.2 Å². The maximum Gasteiger partial charge on any atom is 0.256 e. The van der Waals surface area contributed by atoms with Crippen LogP contribution in [0.3, 0.4) is 0 Å². The van der Waals surface area contributed by atoms with Gasteiger partial charge in [-0.2, -0.15) is 0 Å². The largest absolute Gasteiger partial charge is 0.383 e. The Morgan fingerprint density at radius 3 is 2.66 bits per heavy atom. The van der Waals surface area contributed by atoms with E-state index in [-0.39, 0.29) is 16.9 Å². The number of hydrogen-bond donors (Lipinski definition) is 1. The third-order valence-corrected chi connectivity index (χ3v) is 6.96. The van der Waals surface area contributed by atoms with Crippen LogP contribution in [-0.2, 0) is 10.2 Å². The van der Waals surface area contributed by atoms with Crippen molar-refractivity contribution in [1.82, 2.24) is 9.88 Å². The number of likely N-dealkylation sites (tertiary alicyclic amines) is 1. The molecular weight excluding hydrogens is 425 g/mol. The van der Waals surface area contributed by atoms with Gasteiger partial charge in [-0.15, -0.1) is 11.3 Å². The van der Waals surface area contributed by atoms with E-state index in [0.29, 0.717) is 26.2 Å². The van der Waals surface area contributed by atoms with Gasteiger partial charge in [0.25, 0.3) is 5.91 Å². The molecule has 2 aromatic carbocycles. The summed E-state index contributed by atoms with van der Waals surface area (Å²) >= 11 is 1.59. The van der Waals surface area contributed by atoms with Gasteiger partial charge in [-0.05, 0) is 43.0 Å². The number of ether oxygens (including phenoxy) is 1. The van der Waals surface area contributed by atoms with Crippen LogP contribution in [0.5, 0.6) is 0 Å². The molecule has 7 heteroatoms. The minimum atomic E-state index is -0.457. The Morgan fingerprint density at radius 1 is 1.22 bits per heavy atom. The quantitative estimate of drug-likeness (QED) is 0.519. The molecule has 1 fully saturated rings. The van der Waals surface area contributed by atoms with Crippen LogP contribution in [0.2, 0.25) is 0 Å². The van der Waals surface area contributed by atoms with Gasteiger partial charge < -0.3 is 15.0 Å². The van der Waals surface area contributed by atoms with Gasteiger partial charge in [-0.1, -0.05) is 36.4 Å². The van der Waals surface area contributed by atoms with Crippen LogP contribution >= 0.6 is 11.3 Å². The Hall–Kier alpha value is -2.77. The summed E-state index contributed by atoms with van der Waals surface area (Å²) in [6.07, 6.45) is 1.47. The van der Waals surface area contributed by atoms with Gasteiger partial charge in [-0.25, -0.2) is 9.37 Å². The molecular formula is C25H28FN3O2S. The van der Waals surface area contributed by atoms with Crippen molar-refractivity contribution in [2.24, 2.45) is 0 Å². The lowest BCUT2D eigenvalue weighted by atomic mass is 9.70. The number of anilines is 1. The van der Waals surface area contributed by atoms with Gasteiger partial charge in [0, 0.05) is 37.5 Å². The second-order valence-electron chi connectivity index (χ2n) is 8.18. The first-order valence-electron chi connectivity index (χ1n) is 10.8. The Balaban J connectivity index is 1.57. The number of aromatic nitrogens is 1. The highest BCUT2D eigenvalue weighted by Gasteiger charge is 2.41. The molecule has 32 heavy (non-hydrogen) atoms. The SMILES string of the molecule is COCCNc1nc(C2(c3ccccc3)CCN(C(=O)c3ccc(C)cc3F)CC2)cs1. The van der Waals surface area contributed by atoms with Crippen molar-refractivity contribution in [3.63, 3.8) is 0 Å². The molecule has 0 aliphatic carbocycles. The van der Waals surface area contributed by atoms with Gasteiger partial charge in [0.1, 0.15) is 5.82 Å². The Morgan fingerprint density at radius 2 is 1.97 bits per heavy atom. The summed E-state index contributed by atoms with van der Waals surface area (Å²) in [6.45, 7) is 4.23. The second kappa shape index (κ2) is 9.79. The fourth-order valence-corrected chi connectivity index (χ4v) is 5.18. The number of hydrogen-bond acceptors (Lipinski definition) is 5. The lowest BCUT2D eigenvalue weighted by Gasteiger charge is -2.41. The number of carbonyl (C=O) groups is 1. The monoisotopic (exact) mass is 453 g/mol. The fraction of sp³-hybridized carbons (Fsp3) is 0.360. The Bertz CT molecular complexity index is 1060. The van der Waals surface area contributed by atoms with E-state index in [4.69, 9.17) is 9.72 Å². The summed E-state index contributed by atoms with van der Waals surface area (Å²) in [7, 11) is 1.68. The van der Waals surface area contributed by atoms with Crippen molar-refractivity contribution < 1.29 is 13.9 Å². The highest BCUT2D eigenvalue weighted by atomic mass is 32.1. The van der Waals surface area contributed by atoms with Crippen LogP contribution in [0.4, 0.5) is 9.52 Å². The number of benzene rings is 2. The maximum atomic E-state index is 14.4. The van der Waals surface area contributed by atoms with E-state index in [1.807, 2.05) is 25.1 Å². The molecule has 2 heterocycles. The van der Waals surface area contributed by atoms with Crippen molar-refractivity contribution in [2.75, 3.05) is 38.7 Å². The molecule has 0 atom stereocenters. The van der Waals surface area contributed by atoms with E-state index in [1.165, 1.54) is 11.6 Å². The lowest BCUT2D eigenvalue weighted by molar-refractivity contribution is 0.0679. The first-order valence-corrected chi connectivity index (χ1v) is 11.7. The summed E-state index contributed by atoms with van der Waals surface area (Å²) in [5.74, 6) is -0.703. The van der Waals surface area contributed by atoms with Crippen molar-refractivity contribution in [3.8, 4) is 0 Å². The zero-order valence-corrected chi connectivity index (χ0v) is 19.3. The minimum absolute atomic E-state index is 0.140. The molecule has 1 aromatic heterocycles. The first-order chi connectivity index (χ1) is 15.5. The normalized spacial score (nSPS) is 15.5. The zero-order chi connectivity index (χ0) is 22.6. The zero-order valence-electron chi connectivity index (χ0n) is 18.4. The highest BCUT2D eigenvalue weighted by Crippen LogP contribution is 2.42. The van der Waals surface area contributed by atoms with Crippen LogP contribution < -0.4 is 5.32 Å². The van der Waals surface area contributed by atoms with Crippen LogP contribution in [-0.4, -0.2) is 49.1 Å². The molecule has 1 saturated heterocycles. The Kier molecular flexibility index (Phi) is 6.86. The van der Waals surface area contributed by atoms with E-state index >= 15 is 0 Å². The number of nitrogens with one attached hydrogen (secondary N) is 1. The Labute approximate surface area is 192 Å². The summed E-state index contributed by atoms with van der Waals surface area (Å²) in [4.78, 5) is 19.7. The molecule has 0 spiro atoms. The molecule has 5 nitrogen and oxygen atoms in total. The smallest absolute Gasteiger partial charge is 0.256 e. The topological polar surface area (TPSA) is 54.5 Å². The number of thiazole rings is 1. The second-order valence-corrected chi connectivity index (χ2v) is 9.04. The molecule has 0 unspecified atom stereocenters. The summed E-state index contributed by atoms with van der Waals surface area (Å²) < 4.78 is 19.5. The highest BCUT2D eigenvalue weighted by molar-refractivity contribution is 7.13. The van der Waals surface area contributed by atoms with Crippen molar-refractivity contribution in [3.05, 3.63) is 82.1 Å². The molecule has 1 aliphatic heterocycles. The number of carbonyl (C=O) groups excluding carboxylic acids is 1. The number of amides is 1. The van der Waals surface area contributed by atoms with E-state index in [2.05, 4.69) is 22.8 Å². The number of piperidine rings is 1. The predicted molar refractivity (Wildman–Crippen MR) is 126 cm³/mol. The molecule has 1 N–H and O–H groups in total. The van der Waals surface area contributed by atoms with E-state index in [0.717, 1.165) is 29.2 Å². The average molecular weight is 454 g/mol. The summed E-state index contributed by atoms with van der Waals surface area (Å²) in [6, 6.07) is 15.1. The van der Waals surface area contributed by atoms with Gasteiger partial charge in [0.05, 0.1) is 17.9 Å². The van der Waals surface area contributed by atoms with E-state index in [1.54, 1.807) is 35.5 Å². The fourth-order valence-electron chi connectivity index (χ4n) is 4.34. The first kappa shape index (κ1) is 22.4. The minimum Gasteiger partial charge on any atom is -0.383 e. The third kappa shape index (κ3) is 4.54. The van der Waals surface area contributed by atoms with Crippen LogP contribution in [0.1, 0.15) is 40.0 Å². The van der Waals surface area contributed by atoms with Gasteiger partial charge >= 0.3 is 0 Å². The van der Waals surface area contributed by atoms with E-state index < -0.39 is 5.82 Å². The number of nitrogens with zero attached hydrogens (tertiary/aromatic N) is 2. The molecule has 0 saturated carbocycles. The van der Waals surface area contributed by atoms with Gasteiger partial charge in [0.2, 0.25) is 0 Å². The molecule has 0 bridgehead atoms. The molecule has 0 radical (unpaired) electrons. The van der Waals surface area contributed by atoms with Crippen LogP contribution in [0.15, 0.2) is 53.9 Å². The van der Waals surface area contributed by atoms with Gasteiger partial charge in [-0.3, -0.25) is 4.79 Å². The average Bonchev–Trinajstić information content (AvgIpc) is 3.29. The van der Waals surface area contributed by atoms with Crippen molar-refractivity contribution in [1.29, 1.82) is 0 Å². The maximum absolute atomic E-state index is 14.4. The molecule has 4 rings (SSSR count). The van der Waals surface area contributed by atoms with Crippen LogP contribution in [0.25, 0.3) is 0 Å². The summed E-state index contributed by atoms with van der Waals surface area (Å²) in [5, 5.41) is 6.29. The number of rotatable bonds is 7. The standard InChI is InChI=1S/C25H28FN3O2S/c1-18-8-9-20(21(26)16-18)23(30)29-13-10-25(11-14-29,19-6-4-3-5-7-19)22-17-32-24(28-22)27-12-15-31-2/h3-9,16-17H,10-15H2,1-2H3,(H,27,28). The van der Waals surface area contributed by atoms with Gasteiger partial charge in [0.15, 0.2) is 5.13 Å². The molecule has 3 aromatic rings. The molecule has 1 aliphatic rings. The third-order valence-electron chi connectivity index (χ3n) is 6.16. The number of methoxy groups -OCH3 is 1. The predicted octanol–water partition coefficient (Wildman–Crippen LogP) is 4.87. The molecule has 168 valence electrons. The lowest BCUT2D eigenvalue weighted by Crippen LogP contribution is -2.46. The summed E-state index contributed by atoms with van der Waals surface area (Å²) in [5.41, 5.74) is 2.88. The number of halogens is 1. The van der Waals surface area contributed by atoms with Crippen molar-refractivity contribution >= 4 is 22.4 Å². The number of aryl methyl sites for hydroxylation is 1. The van der Waals surface area contributed by atoms with Crippen LogP contribution in [0, 0.1) is 12.7 Å². The molecule has 1 amide bonds. The van der Waals surface area contributed by atoms with E-state index in [9.17, 15) is 9.18 Å².